The number of carbonyl (C=O) groups is 3. The van der Waals surface area contributed by atoms with Gasteiger partial charge in [-0.05, 0) is 43.3 Å². The van der Waals surface area contributed by atoms with Gasteiger partial charge in [-0.2, -0.15) is 0 Å². The van der Waals surface area contributed by atoms with Crippen LogP contribution < -0.4 is 9.47 Å². The fourth-order valence-corrected chi connectivity index (χ4v) is 3.43. The fraction of sp³-hybridized carbons (Fsp3) is 0.353. The fourth-order valence-electron chi connectivity index (χ4n) is 2.32. The Kier molecular flexibility index (Phi) is 6.55. The molecule has 9 heteroatoms. The van der Waals surface area contributed by atoms with Crippen LogP contribution in [0.15, 0.2) is 17.0 Å². The SMILES string of the molecule is CCOc1cc(/C=C2/SC(=O)N([C@@H](C)C(=O)OC)C2=O)c(Cl)cc1OC. The second kappa shape index (κ2) is 8.46. The minimum absolute atomic E-state index is 0.153. The Hall–Kier alpha value is -2.19. The van der Waals surface area contributed by atoms with Crippen LogP contribution in [0, 0.1) is 0 Å². The van der Waals surface area contributed by atoms with Crippen molar-refractivity contribution in [2.75, 3.05) is 20.8 Å². The highest BCUT2D eigenvalue weighted by atomic mass is 35.5. The van der Waals surface area contributed by atoms with Gasteiger partial charge in [0.25, 0.3) is 11.1 Å². The molecule has 1 heterocycles. The van der Waals surface area contributed by atoms with Crippen LogP contribution in [0.1, 0.15) is 19.4 Å². The first-order valence-electron chi connectivity index (χ1n) is 7.69. The van der Waals surface area contributed by atoms with Crippen molar-refractivity contribution in [1.82, 2.24) is 4.90 Å². The van der Waals surface area contributed by atoms with Crippen LogP contribution in [-0.4, -0.2) is 48.9 Å². The zero-order valence-corrected chi connectivity index (χ0v) is 16.3. The summed E-state index contributed by atoms with van der Waals surface area (Å²) in [5.41, 5.74) is 0.493. The lowest BCUT2D eigenvalue weighted by atomic mass is 10.1. The van der Waals surface area contributed by atoms with Crippen molar-refractivity contribution >= 4 is 46.6 Å². The highest BCUT2D eigenvalue weighted by molar-refractivity contribution is 8.18. The van der Waals surface area contributed by atoms with E-state index in [2.05, 4.69) is 4.74 Å². The average molecular weight is 400 g/mol. The first-order valence-corrected chi connectivity index (χ1v) is 8.88. The normalized spacial score (nSPS) is 16.8. The summed E-state index contributed by atoms with van der Waals surface area (Å²) in [7, 11) is 2.69. The molecule has 7 nitrogen and oxygen atoms in total. The maximum Gasteiger partial charge on any atom is 0.328 e. The number of ether oxygens (including phenoxy) is 3. The Morgan fingerprint density at radius 1 is 1.31 bits per heavy atom. The molecule has 1 aromatic carbocycles. The Labute approximate surface area is 160 Å². The first-order chi connectivity index (χ1) is 12.3. The third-order valence-electron chi connectivity index (χ3n) is 3.62. The van der Waals surface area contributed by atoms with Crippen LogP contribution in [0.2, 0.25) is 5.02 Å². The number of rotatable bonds is 6. The lowest BCUT2D eigenvalue weighted by molar-refractivity contribution is -0.148. The van der Waals surface area contributed by atoms with E-state index >= 15 is 0 Å². The number of amides is 2. The standard InChI is InChI=1S/C17H18ClNO6S/c1-5-25-13-6-10(11(18)8-12(13)23-3)7-14-15(20)19(17(22)26-14)9(2)16(21)24-4/h6-9H,5H2,1-4H3/b14-7+/t9-/m0/s1. The summed E-state index contributed by atoms with van der Waals surface area (Å²) < 4.78 is 15.3. The number of benzene rings is 1. The summed E-state index contributed by atoms with van der Waals surface area (Å²) in [5.74, 6) is -0.327. The predicted octanol–water partition coefficient (Wildman–Crippen LogP) is 3.35. The predicted molar refractivity (Wildman–Crippen MR) is 98.5 cm³/mol. The molecule has 0 radical (unpaired) electrons. The van der Waals surface area contributed by atoms with Gasteiger partial charge in [-0.3, -0.25) is 14.5 Å². The molecule has 0 unspecified atom stereocenters. The molecule has 0 bridgehead atoms. The van der Waals surface area contributed by atoms with E-state index in [1.54, 1.807) is 12.1 Å². The van der Waals surface area contributed by atoms with Crippen LogP contribution in [0.25, 0.3) is 6.08 Å². The van der Waals surface area contributed by atoms with Crippen molar-refractivity contribution < 1.29 is 28.6 Å². The summed E-state index contributed by atoms with van der Waals surface area (Å²) in [4.78, 5) is 37.3. The van der Waals surface area contributed by atoms with Gasteiger partial charge in [0.2, 0.25) is 0 Å². The zero-order valence-electron chi connectivity index (χ0n) is 14.7. The number of carbonyl (C=O) groups excluding carboxylic acids is 3. The maximum atomic E-state index is 12.5. The van der Waals surface area contributed by atoms with Crippen LogP contribution in [0.4, 0.5) is 4.79 Å². The van der Waals surface area contributed by atoms with Crippen molar-refractivity contribution in [2.45, 2.75) is 19.9 Å². The highest BCUT2D eigenvalue weighted by Gasteiger charge is 2.41. The molecule has 2 rings (SSSR count). The van der Waals surface area contributed by atoms with Crippen LogP contribution >= 0.6 is 23.4 Å². The molecule has 1 aliphatic heterocycles. The van der Waals surface area contributed by atoms with Crippen LogP contribution in [0.3, 0.4) is 0 Å². The van der Waals surface area contributed by atoms with E-state index < -0.39 is 23.2 Å². The molecule has 0 N–H and O–H groups in total. The number of hydrogen-bond acceptors (Lipinski definition) is 7. The minimum Gasteiger partial charge on any atom is -0.493 e. The Bertz CT molecular complexity index is 779. The highest BCUT2D eigenvalue weighted by Crippen LogP contribution is 2.38. The second-order valence-corrected chi connectivity index (χ2v) is 6.61. The van der Waals surface area contributed by atoms with Gasteiger partial charge >= 0.3 is 5.97 Å². The van der Waals surface area contributed by atoms with Crippen molar-refractivity contribution in [3.05, 3.63) is 27.6 Å². The van der Waals surface area contributed by atoms with Gasteiger partial charge < -0.3 is 14.2 Å². The molecule has 0 aliphatic carbocycles. The molecule has 0 spiro atoms. The van der Waals surface area contributed by atoms with E-state index in [1.165, 1.54) is 27.2 Å². The van der Waals surface area contributed by atoms with E-state index in [0.717, 1.165) is 16.7 Å². The van der Waals surface area contributed by atoms with Gasteiger partial charge in [-0.15, -0.1) is 0 Å². The third kappa shape index (κ3) is 3.96. The molecule has 1 aromatic rings. The Morgan fingerprint density at radius 2 is 2.00 bits per heavy atom. The van der Waals surface area contributed by atoms with Crippen LogP contribution in [0.5, 0.6) is 11.5 Å². The summed E-state index contributed by atoms with van der Waals surface area (Å²) in [6.07, 6.45) is 1.49. The van der Waals surface area contributed by atoms with Gasteiger partial charge in [0.05, 0.1) is 30.8 Å². The number of hydrogen-bond donors (Lipinski definition) is 0. The smallest absolute Gasteiger partial charge is 0.328 e. The summed E-state index contributed by atoms with van der Waals surface area (Å²) in [5, 5.41) is -0.216. The van der Waals surface area contributed by atoms with Crippen molar-refractivity contribution in [3.8, 4) is 11.5 Å². The molecule has 0 saturated carbocycles. The van der Waals surface area contributed by atoms with Gasteiger partial charge in [0.1, 0.15) is 6.04 Å². The van der Waals surface area contributed by atoms with E-state index in [1.807, 2.05) is 6.92 Å². The largest absolute Gasteiger partial charge is 0.493 e. The van der Waals surface area contributed by atoms with Crippen molar-refractivity contribution in [3.63, 3.8) is 0 Å². The first kappa shape index (κ1) is 20.1. The molecule has 140 valence electrons. The number of thioether (sulfide) groups is 1. The third-order valence-corrected chi connectivity index (χ3v) is 4.83. The lowest BCUT2D eigenvalue weighted by Gasteiger charge is -2.18. The number of imide groups is 1. The molecular weight excluding hydrogens is 382 g/mol. The summed E-state index contributed by atoms with van der Waals surface area (Å²) in [6.45, 7) is 3.68. The van der Waals surface area contributed by atoms with Gasteiger partial charge in [-0.25, -0.2) is 4.79 Å². The van der Waals surface area contributed by atoms with E-state index in [9.17, 15) is 14.4 Å². The summed E-state index contributed by atoms with van der Waals surface area (Å²) in [6, 6.07) is 2.19. The second-order valence-electron chi connectivity index (χ2n) is 5.21. The molecule has 26 heavy (non-hydrogen) atoms. The van der Waals surface area contributed by atoms with Gasteiger partial charge in [-0.1, -0.05) is 11.6 Å². The maximum absolute atomic E-state index is 12.5. The molecule has 1 aliphatic rings. The number of methoxy groups -OCH3 is 2. The molecule has 0 aromatic heterocycles. The average Bonchev–Trinajstić information content (AvgIpc) is 2.89. The molecule has 1 saturated heterocycles. The van der Waals surface area contributed by atoms with E-state index in [4.69, 9.17) is 21.1 Å². The lowest BCUT2D eigenvalue weighted by Crippen LogP contribution is -2.42. The van der Waals surface area contributed by atoms with Gasteiger partial charge in [0, 0.05) is 6.07 Å². The Morgan fingerprint density at radius 3 is 2.58 bits per heavy atom. The summed E-state index contributed by atoms with van der Waals surface area (Å²) >= 11 is 6.97. The molecule has 1 fully saturated rings. The minimum atomic E-state index is -1.01. The van der Waals surface area contributed by atoms with Crippen molar-refractivity contribution in [1.29, 1.82) is 0 Å². The monoisotopic (exact) mass is 399 g/mol. The topological polar surface area (TPSA) is 82.1 Å². The number of esters is 1. The number of halogens is 1. The zero-order chi connectivity index (χ0) is 19.4. The Balaban J connectivity index is 2.38. The van der Waals surface area contributed by atoms with E-state index in [0.29, 0.717) is 28.7 Å². The quantitative estimate of drug-likeness (QED) is 0.535. The molecule has 2 amide bonds. The van der Waals surface area contributed by atoms with Gasteiger partial charge in [0.15, 0.2) is 11.5 Å². The molecule has 1 atom stereocenters. The molecular formula is C17H18ClNO6S. The van der Waals surface area contributed by atoms with Crippen LogP contribution in [-0.2, 0) is 14.3 Å². The van der Waals surface area contributed by atoms with E-state index in [-0.39, 0.29) is 4.91 Å². The van der Waals surface area contributed by atoms with Crippen molar-refractivity contribution in [2.24, 2.45) is 0 Å². The number of nitrogens with zero attached hydrogens (tertiary/aromatic N) is 1.